The van der Waals surface area contributed by atoms with Crippen LogP contribution in [0, 0.1) is 6.92 Å². The van der Waals surface area contributed by atoms with Crippen molar-refractivity contribution in [2.24, 2.45) is 5.73 Å². The molecule has 4 nitrogen and oxygen atoms in total. The summed E-state index contributed by atoms with van der Waals surface area (Å²) in [7, 11) is 0. The fourth-order valence-corrected chi connectivity index (χ4v) is 2.16. The fourth-order valence-electron chi connectivity index (χ4n) is 1.88. The average molecular weight is 304 g/mol. The smallest absolute Gasteiger partial charge is 0.323 e. The third-order valence-corrected chi connectivity index (χ3v) is 3.38. The summed E-state index contributed by atoms with van der Waals surface area (Å²) in [6.45, 7) is 3.85. The van der Waals surface area contributed by atoms with E-state index < -0.39 is 0 Å². The predicted octanol–water partition coefficient (Wildman–Crippen LogP) is 4.31. The number of carbonyl (C=O) groups excluding carboxylic acids is 1. The largest absolute Gasteiger partial charge is 0.324 e. The lowest BCUT2D eigenvalue weighted by atomic mass is 10.1. The Bertz CT molecular complexity index is 638. The van der Waals surface area contributed by atoms with Gasteiger partial charge in [0.2, 0.25) is 0 Å². The molecule has 2 aromatic carbocycles. The van der Waals surface area contributed by atoms with Crippen LogP contribution in [0.5, 0.6) is 0 Å². The first-order valence-corrected chi connectivity index (χ1v) is 7.03. The highest BCUT2D eigenvalue weighted by Gasteiger charge is 2.06. The number of nitrogens with one attached hydrogen (secondary N) is 2. The number of aryl methyl sites for hydroxylation is 1. The van der Waals surface area contributed by atoms with Crippen LogP contribution in [0.1, 0.15) is 24.1 Å². The van der Waals surface area contributed by atoms with Crippen molar-refractivity contribution >= 4 is 29.0 Å². The van der Waals surface area contributed by atoms with Crippen LogP contribution in [-0.2, 0) is 0 Å². The van der Waals surface area contributed by atoms with Crippen molar-refractivity contribution in [1.82, 2.24) is 0 Å². The molecule has 110 valence electrons. The molecule has 5 heteroatoms. The third kappa shape index (κ3) is 4.21. The average Bonchev–Trinajstić information content (AvgIpc) is 2.42. The van der Waals surface area contributed by atoms with Crippen molar-refractivity contribution in [1.29, 1.82) is 0 Å². The van der Waals surface area contributed by atoms with E-state index in [2.05, 4.69) is 10.6 Å². The number of amides is 2. The minimum absolute atomic E-state index is 0.0285. The summed E-state index contributed by atoms with van der Waals surface area (Å²) in [5, 5.41) is 5.98. The van der Waals surface area contributed by atoms with Crippen LogP contribution < -0.4 is 16.4 Å². The Hall–Kier alpha value is -2.04. The first kappa shape index (κ1) is 15.4. The van der Waals surface area contributed by atoms with E-state index in [4.69, 9.17) is 17.3 Å². The molecule has 0 spiro atoms. The molecular weight excluding hydrogens is 286 g/mol. The minimum atomic E-state index is -0.339. The van der Waals surface area contributed by atoms with Crippen molar-refractivity contribution < 1.29 is 4.79 Å². The number of benzene rings is 2. The molecule has 2 amide bonds. The van der Waals surface area contributed by atoms with E-state index in [9.17, 15) is 4.79 Å². The molecule has 1 atom stereocenters. The number of hydrogen-bond donors (Lipinski definition) is 3. The molecule has 0 bridgehead atoms. The van der Waals surface area contributed by atoms with Gasteiger partial charge in [-0.05, 0) is 49.2 Å². The quantitative estimate of drug-likeness (QED) is 0.791. The molecule has 0 aliphatic heterocycles. The van der Waals surface area contributed by atoms with E-state index in [0.717, 1.165) is 11.1 Å². The van der Waals surface area contributed by atoms with Crippen molar-refractivity contribution in [2.45, 2.75) is 19.9 Å². The summed E-state index contributed by atoms with van der Waals surface area (Å²) >= 11 is 6.08. The minimum Gasteiger partial charge on any atom is -0.324 e. The second-order valence-electron chi connectivity index (χ2n) is 4.97. The Morgan fingerprint density at radius 2 is 1.81 bits per heavy atom. The fraction of sp³-hybridized carbons (Fsp3) is 0.188. The number of urea groups is 1. The van der Waals surface area contributed by atoms with Gasteiger partial charge in [0.25, 0.3) is 0 Å². The van der Waals surface area contributed by atoms with Crippen LogP contribution in [0.3, 0.4) is 0 Å². The van der Waals surface area contributed by atoms with Crippen LogP contribution >= 0.6 is 11.6 Å². The van der Waals surface area contributed by atoms with Gasteiger partial charge in [0.15, 0.2) is 0 Å². The van der Waals surface area contributed by atoms with E-state index in [-0.39, 0.29) is 12.1 Å². The number of hydrogen-bond acceptors (Lipinski definition) is 2. The maximum Gasteiger partial charge on any atom is 0.323 e. The lowest BCUT2D eigenvalue weighted by Crippen LogP contribution is -2.19. The molecule has 2 rings (SSSR count). The standard InChI is InChI=1S/C16H18ClN3O/c1-10-3-8-15(14(17)9-10)20-16(21)19-13-6-4-12(5-7-13)11(2)18/h3-9,11H,18H2,1-2H3,(H2,19,20,21). The second kappa shape index (κ2) is 6.61. The number of carbonyl (C=O) groups is 1. The topological polar surface area (TPSA) is 67.2 Å². The number of rotatable bonds is 3. The molecule has 21 heavy (non-hydrogen) atoms. The molecule has 0 aliphatic carbocycles. The summed E-state index contributed by atoms with van der Waals surface area (Å²) in [6.07, 6.45) is 0. The molecule has 0 fully saturated rings. The van der Waals surface area contributed by atoms with Gasteiger partial charge in [-0.25, -0.2) is 4.79 Å². The third-order valence-electron chi connectivity index (χ3n) is 3.07. The Balaban J connectivity index is 2.01. The molecule has 0 saturated carbocycles. The van der Waals surface area contributed by atoms with E-state index in [1.54, 1.807) is 12.1 Å². The Morgan fingerprint density at radius 1 is 1.14 bits per heavy atom. The summed E-state index contributed by atoms with van der Waals surface area (Å²) in [4.78, 5) is 11.9. The van der Waals surface area contributed by atoms with E-state index >= 15 is 0 Å². The van der Waals surface area contributed by atoms with Gasteiger partial charge in [-0.15, -0.1) is 0 Å². The summed E-state index contributed by atoms with van der Waals surface area (Å²) in [5.74, 6) is 0. The van der Waals surface area contributed by atoms with E-state index in [1.165, 1.54) is 0 Å². The Labute approximate surface area is 129 Å². The molecule has 4 N–H and O–H groups in total. The molecule has 0 aliphatic rings. The molecular formula is C16H18ClN3O. The predicted molar refractivity (Wildman–Crippen MR) is 87.9 cm³/mol. The zero-order valence-corrected chi connectivity index (χ0v) is 12.7. The van der Waals surface area contributed by atoms with Gasteiger partial charge in [-0.2, -0.15) is 0 Å². The zero-order chi connectivity index (χ0) is 15.4. The van der Waals surface area contributed by atoms with E-state index in [0.29, 0.717) is 16.4 Å². The van der Waals surface area contributed by atoms with Crippen LogP contribution in [0.2, 0.25) is 5.02 Å². The van der Waals surface area contributed by atoms with Gasteiger partial charge in [0.05, 0.1) is 10.7 Å². The SMILES string of the molecule is Cc1ccc(NC(=O)Nc2ccc(C(C)N)cc2)c(Cl)c1. The zero-order valence-electron chi connectivity index (χ0n) is 12.0. The van der Waals surface area contributed by atoms with Gasteiger partial charge >= 0.3 is 6.03 Å². The van der Waals surface area contributed by atoms with E-state index in [1.807, 2.05) is 44.2 Å². The maximum absolute atomic E-state index is 11.9. The Morgan fingerprint density at radius 3 is 2.38 bits per heavy atom. The van der Waals surface area contributed by atoms with Crippen molar-refractivity contribution in [3.8, 4) is 0 Å². The number of anilines is 2. The molecule has 0 aromatic heterocycles. The lowest BCUT2D eigenvalue weighted by Gasteiger charge is -2.11. The first-order chi connectivity index (χ1) is 9.95. The highest BCUT2D eigenvalue weighted by Crippen LogP contribution is 2.23. The Kier molecular flexibility index (Phi) is 4.83. The van der Waals surface area contributed by atoms with Gasteiger partial charge in [0.1, 0.15) is 0 Å². The highest BCUT2D eigenvalue weighted by atomic mass is 35.5. The number of halogens is 1. The summed E-state index contributed by atoms with van der Waals surface area (Å²) in [5.41, 5.74) is 9.11. The summed E-state index contributed by atoms with van der Waals surface area (Å²) in [6, 6.07) is 12.5. The maximum atomic E-state index is 11.9. The van der Waals surface area contributed by atoms with Crippen LogP contribution in [0.15, 0.2) is 42.5 Å². The second-order valence-corrected chi connectivity index (χ2v) is 5.38. The van der Waals surface area contributed by atoms with Gasteiger partial charge < -0.3 is 16.4 Å². The molecule has 2 aromatic rings. The molecule has 0 heterocycles. The van der Waals surface area contributed by atoms with Gasteiger partial charge in [-0.1, -0.05) is 29.8 Å². The number of nitrogens with two attached hydrogens (primary N) is 1. The van der Waals surface area contributed by atoms with Crippen LogP contribution in [0.25, 0.3) is 0 Å². The van der Waals surface area contributed by atoms with Crippen LogP contribution in [-0.4, -0.2) is 6.03 Å². The molecule has 1 unspecified atom stereocenters. The van der Waals surface area contributed by atoms with Crippen molar-refractivity contribution in [3.05, 3.63) is 58.6 Å². The van der Waals surface area contributed by atoms with Gasteiger partial charge in [0, 0.05) is 11.7 Å². The normalized spacial score (nSPS) is 11.8. The summed E-state index contributed by atoms with van der Waals surface area (Å²) < 4.78 is 0. The van der Waals surface area contributed by atoms with Crippen molar-refractivity contribution in [2.75, 3.05) is 10.6 Å². The van der Waals surface area contributed by atoms with Gasteiger partial charge in [-0.3, -0.25) is 0 Å². The van der Waals surface area contributed by atoms with Crippen molar-refractivity contribution in [3.63, 3.8) is 0 Å². The lowest BCUT2D eigenvalue weighted by molar-refractivity contribution is 0.262. The monoisotopic (exact) mass is 303 g/mol. The highest BCUT2D eigenvalue weighted by molar-refractivity contribution is 6.33. The van der Waals surface area contributed by atoms with Crippen LogP contribution in [0.4, 0.5) is 16.2 Å². The molecule has 0 saturated heterocycles. The molecule has 0 radical (unpaired) electrons. The first-order valence-electron chi connectivity index (χ1n) is 6.65.